The Kier molecular flexibility index (Phi) is 3.31. The molecule has 102 valence electrons. The molecule has 1 saturated carbocycles. The van der Waals surface area contributed by atoms with E-state index in [4.69, 9.17) is 0 Å². The van der Waals surface area contributed by atoms with Gasteiger partial charge in [-0.1, -0.05) is 31.9 Å². The van der Waals surface area contributed by atoms with E-state index in [1.807, 2.05) is 7.05 Å². The van der Waals surface area contributed by atoms with Crippen molar-refractivity contribution in [2.75, 3.05) is 12.4 Å². The molecule has 0 bridgehead atoms. The van der Waals surface area contributed by atoms with Crippen LogP contribution in [0.4, 0.5) is 5.69 Å². The molecule has 0 spiro atoms. The Morgan fingerprint density at radius 1 is 1.37 bits per heavy atom. The van der Waals surface area contributed by atoms with Crippen LogP contribution in [0.25, 0.3) is 0 Å². The van der Waals surface area contributed by atoms with Gasteiger partial charge in [0.15, 0.2) is 0 Å². The van der Waals surface area contributed by atoms with Crippen molar-refractivity contribution in [1.82, 2.24) is 5.32 Å². The summed E-state index contributed by atoms with van der Waals surface area (Å²) >= 11 is 0. The Labute approximate surface area is 114 Å². The molecule has 3 rings (SSSR count). The van der Waals surface area contributed by atoms with E-state index in [0.29, 0.717) is 18.4 Å². The molecule has 19 heavy (non-hydrogen) atoms. The molecule has 3 atom stereocenters. The van der Waals surface area contributed by atoms with Gasteiger partial charge >= 0.3 is 0 Å². The third-order valence-electron chi connectivity index (χ3n) is 4.78. The first kappa shape index (κ1) is 12.7. The molecule has 1 fully saturated rings. The topological polar surface area (TPSA) is 41.1 Å². The lowest BCUT2D eigenvalue weighted by Gasteiger charge is -2.27. The van der Waals surface area contributed by atoms with Crippen molar-refractivity contribution in [3.8, 4) is 0 Å². The average molecular weight is 258 g/mol. The van der Waals surface area contributed by atoms with Crippen LogP contribution < -0.4 is 10.6 Å². The van der Waals surface area contributed by atoms with Gasteiger partial charge in [0.1, 0.15) is 0 Å². The molecule has 1 aliphatic heterocycles. The molecule has 1 amide bonds. The summed E-state index contributed by atoms with van der Waals surface area (Å²) in [6.45, 7) is 2.36. The second-order valence-electron chi connectivity index (χ2n) is 5.98. The number of fused-ring (bicyclic) bond motifs is 1. The molecule has 3 unspecified atom stereocenters. The summed E-state index contributed by atoms with van der Waals surface area (Å²) < 4.78 is 0. The highest BCUT2D eigenvalue weighted by molar-refractivity contribution is 5.99. The zero-order valence-corrected chi connectivity index (χ0v) is 11.7. The Hall–Kier alpha value is -1.35. The Morgan fingerprint density at radius 3 is 2.89 bits per heavy atom. The van der Waals surface area contributed by atoms with E-state index in [9.17, 15) is 4.79 Å². The van der Waals surface area contributed by atoms with Crippen LogP contribution in [0.3, 0.4) is 0 Å². The molecular weight excluding hydrogens is 236 g/mol. The van der Waals surface area contributed by atoms with Gasteiger partial charge in [-0.25, -0.2) is 0 Å². The third kappa shape index (κ3) is 2.27. The Balaban J connectivity index is 1.88. The zero-order chi connectivity index (χ0) is 13.4. The van der Waals surface area contributed by atoms with Crippen LogP contribution in [-0.2, 0) is 11.2 Å². The predicted molar refractivity (Wildman–Crippen MR) is 77.1 cm³/mol. The summed E-state index contributed by atoms with van der Waals surface area (Å²) in [5.41, 5.74) is 3.47. The van der Waals surface area contributed by atoms with Crippen LogP contribution in [0.15, 0.2) is 18.2 Å². The van der Waals surface area contributed by atoms with Crippen LogP contribution >= 0.6 is 0 Å². The Bertz CT molecular complexity index is 498. The van der Waals surface area contributed by atoms with E-state index in [1.54, 1.807) is 0 Å². The molecule has 3 heteroatoms. The summed E-state index contributed by atoms with van der Waals surface area (Å²) in [4.78, 5) is 11.4. The summed E-state index contributed by atoms with van der Waals surface area (Å²) in [6, 6.07) is 6.84. The van der Waals surface area contributed by atoms with Gasteiger partial charge in [0, 0.05) is 11.7 Å². The number of hydrogen-bond acceptors (Lipinski definition) is 2. The molecule has 3 nitrogen and oxygen atoms in total. The molecule has 2 aliphatic rings. The first-order valence-electron chi connectivity index (χ1n) is 7.29. The average Bonchev–Trinajstić information content (AvgIpc) is 2.95. The van der Waals surface area contributed by atoms with E-state index in [2.05, 4.69) is 35.8 Å². The van der Waals surface area contributed by atoms with Gasteiger partial charge < -0.3 is 10.6 Å². The smallest absolute Gasteiger partial charge is 0.228 e. The molecule has 0 saturated heterocycles. The predicted octanol–water partition coefficient (Wildman–Crippen LogP) is 2.88. The monoisotopic (exact) mass is 258 g/mol. The quantitative estimate of drug-likeness (QED) is 0.875. The van der Waals surface area contributed by atoms with E-state index >= 15 is 0 Å². The van der Waals surface area contributed by atoms with Crippen molar-refractivity contribution < 1.29 is 4.79 Å². The zero-order valence-electron chi connectivity index (χ0n) is 11.7. The van der Waals surface area contributed by atoms with Crippen LogP contribution in [0.2, 0.25) is 0 Å². The highest BCUT2D eigenvalue weighted by Gasteiger charge is 2.31. The fourth-order valence-electron chi connectivity index (χ4n) is 3.74. The summed E-state index contributed by atoms with van der Waals surface area (Å²) in [5, 5.41) is 6.39. The summed E-state index contributed by atoms with van der Waals surface area (Å²) in [5.74, 6) is 1.61. The Morgan fingerprint density at radius 2 is 2.21 bits per heavy atom. The molecule has 1 aromatic rings. The minimum absolute atomic E-state index is 0.113. The maximum Gasteiger partial charge on any atom is 0.228 e. The molecular formula is C16H22N2O. The number of benzene rings is 1. The van der Waals surface area contributed by atoms with Crippen LogP contribution in [0.1, 0.15) is 43.4 Å². The molecule has 0 aromatic heterocycles. The van der Waals surface area contributed by atoms with Crippen LogP contribution in [0, 0.1) is 11.8 Å². The standard InChI is InChI=1S/C16H22N2O/c1-10-4-3-5-13(10)16(17-2)11-6-7-14-12(8-11)9-15(19)18-14/h6-8,10,13,16-17H,3-5,9H2,1-2H3,(H,18,19). The SMILES string of the molecule is CNC(c1ccc2c(c1)CC(=O)N2)C1CCCC1C. The van der Waals surface area contributed by atoms with E-state index < -0.39 is 0 Å². The molecule has 2 N–H and O–H groups in total. The summed E-state index contributed by atoms with van der Waals surface area (Å²) in [7, 11) is 2.05. The molecule has 1 aromatic carbocycles. The second kappa shape index (κ2) is 4.97. The maximum atomic E-state index is 11.4. The normalized spacial score (nSPS) is 27.2. The van der Waals surface area contributed by atoms with Crippen molar-refractivity contribution in [1.29, 1.82) is 0 Å². The minimum atomic E-state index is 0.113. The fourth-order valence-corrected chi connectivity index (χ4v) is 3.74. The highest BCUT2D eigenvalue weighted by Crippen LogP contribution is 2.40. The van der Waals surface area contributed by atoms with E-state index in [0.717, 1.165) is 17.2 Å². The van der Waals surface area contributed by atoms with Crippen LogP contribution in [0.5, 0.6) is 0 Å². The van der Waals surface area contributed by atoms with Crippen LogP contribution in [-0.4, -0.2) is 13.0 Å². The first-order valence-corrected chi connectivity index (χ1v) is 7.29. The maximum absolute atomic E-state index is 11.4. The number of carbonyl (C=O) groups is 1. The second-order valence-corrected chi connectivity index (χ2v) is 5.98. The lowest BCUT2D eigenvalue weighted by molar-refractivity contribution is -0.115. The molecule has 1 heterocycles. The molecule has 0 radical (unpaired) electrons. The van der Waals surface area contributed by atoms with Gasteiger partial charge in [0.2, 0.25) is 5.91 Å². The first-order chi connectivity index (χ1) is 9.19. The number of rotatable bonds is 3. The van der Waals surface area contributed by atoms with Crippen molar-refractivity contribution in [3.05, 3.63) is 29.3 Å². The number of hydrogen-bond donors (Lipinski definition) is 2. The van der Waals surface area contributed by atoms with Gasteiger partial charge in [-0.3, -0.25) is 4.79 Å². The van der Waals surface area contributed by atoms with E-state index in [-0.39, 0.29) is 5.91 Å². The van der Waals surface area contributed by atoms with Crippen molar-refractivity contribution in [2.45, 2.75) is 38.6 Å². The van der Waals surface area contributed by atoms with Gasteiger partial charge in [0.05, 0.1) is 6.42 Å². The van der Waals surface area contributed by atoms with Gasteiger partial charge in [-0.05, 0) is 42.5 Å². The number of nitrogens with one attached hydrogen (secondary N) is 2. The molecule has 1 aliphatic carbocycles. The lowest BCUT2D eigenvalue weighted by Crippen LogP contribution is -2.26. The van der Waals surface area contributed by atoms with Gasteiger partial charge in [-0.2, -0.15) is 0 Å². The van der Waals surface area contributed by atoms with Gasteiger partial charge in [0.25, 0.3) is 0 Å². The van der Waals surface area contributed by atoms with Crippen molar-refractivity contribution in [3.63, 3.8) is 0 Å². The third-order valence-corrected chi connectivity index (χ3v) is 4.78. The van der Waals surface area contributed by atoms with Gasteiger partial charge in [-0.15, -0.1) is 0 Å². The van der Waals surface area contributed by atoms with Crippen molar-refractivity contribution >= 4 is 11.6 Å². The number of anilines is 1. The highest BCUT2D eigenvalue weighted by atomic mass is 16.1. The number of amides is 1. The fraction of sp³-hybridized carbons (Fsp3) is 0.562. The lowest BCUT2D eigenvalue weighted by atomic mass is 9.85. The van der Waals surface area contributed by atoms with E-state index in [1.165, 1.54) is 24.8 Å². The minimum Gasteiger partial charge on any atom is -0.326 e. The number of carbonyl (C=O) groups excluding carboxylic acids is 1. The summed E-state index contributed by atoms with van der Waals surface area (Å²) in [6.07, 6.45) is 4.52. The van der Waals surface area contributed by atoms with Crippen molar-refractivity contribution in [2.24, 2.45) is 11.8 Å². The largest absolute Gasteiger partial charge is 0.326 e.